The van der Waals surface area contributed by atoms with Crippen molar-refractivity contribution in [1.82, 2.24) is 4.98 Å². The number of fused-ring (bicyclic) bond motifs is 2. The molecule has 0 amide bonds. The van der Waals surface area contributed by atoms with E-state index in [2.05, 4.69) is 38.1 Å². The maximum Gasteiger partial charge on any atom is 0.0905 e. The lowest BCUT2D eigenvalue weighted by atomic mass is 9.93. The van der Waals surface area contributed by atoms with E-state index in [1.807, 2.05) is 36.4 Å². The maximum absolute atomic E-state index is 6.79. The van der Waals surface area contributed by atoms with Crippen molar-refractivity contribution in [3.63, 3.8) is 0 Å². The normalized spacial score (nSPS) is 11.3. The Bertz CT molecular complexity index is 1040. The summed E-state index contributed by atoms with van der Waals surface area (Å²) in [5.41, 5.74) is 6.53. The first-order chi connectivity index (χ1) is 11.2. The number of rotatable bonds is 1. The monoisotopic (exact) mass is 317 g/mol. The Kier molecular flexibility index (Phi) is 3.32. The van der Waals surface area contributed by atoms with Gasteiger partial charge in [0.05, 0.1) is 16.1 Å². The van der Waals surface area contributed by atoms with Gasteiger partial charge in [-0.25, -0.2) is 4.98 Å². The van der Waals surface area contributed by atoms with Gasteiger partial charge in [0.1, 0.15) is 0 Å². The van der Waals surface area contributed by atoms with E-state index in [0.29, 0.717) is 0 Å². The minimum absolute atomic E-state index is 0.736. The van der Waals surface area contributed by atoms with Gasteiger partial charge in [0.25, 0.3) is 0 Å². The van der Waals surface area contributed by atoms with Crippen molar-refractivity contribution in [2.45, 2.75) is 13.8 Å². The van der Waals surface area contributed by atoms with Gasteiger partial charge in [0.2, 0.25) is 0 Å². The Labute approximate surface area is 140 Å². The lowest BCUT2D eigenvalue weighted by Gasteiger charge is -2.16. The van der Waals surface area contributed by atoms with Crippen LogP contribution in [0.15, 0.2) is 60.7 Å². The molecule has 112 valence electrons. The summed E-state index contributed by atoms with van der Waals surface area (Å²) in [6.07, 6.45) is 0. The highest BCUT2D eigenvalue weighted by Crippen LogP contribution is 2.39. The first kappa shape index (κ1) is 14.2. The van der Waals surface area contributed by atoms with Crippen LogP contribution in [0.4, 0.5) is 0 Å². The Morgan fingerprint density at radius 3 is 2.30 bits per heavy atom. The molecule has 1 aromatic heterocycles. The quantitative estimate of drug-likeness (QED) is 0.374. The topological polar surface area (TPSA) is 12.9 Å². The summed E-state index contributed by atoms with van der Waals surface area (Å²) in [6.45, 7) is 4.29. The fourth-order valence-corrected chi connectivity index (χ4v) is 3.58. The van der Waals surface area contributed by atoms with Crippen molar-refractivity contribution in [3.8, 4) is 11.1 Å². The summed E-state index contributed by atoms with van der Waals surface area (Å²) in [6, 6.07) is 20.7. The molecule has 0 aliphatic heterocycles. The van der Waals surface area contributed by atoms with Gasteiger partial charge < -0.3 is 0 Å². The van der Waals surface area contributed by atoms with Crippen LogP contribution in [0.2, 0.25) is 5.02 Å². The van der Waals surface area contributed by atoms with Gasteiger partial charge in [-0.3, -0.25) is 0 Å². The third kappa shape index (κ3) is 2.20. The fraction of sp³-hybridized carbons (Fsp3) is 0.0952. The van der Waals surface area contributed by atoms with Gasteiger partial charge in [-0.15, -0.1) is 0 Å². The van der Waals surface area contributed by atoms with Gasteiger partial charge in [0.15, 0.2) is 0 Å². The SMILES string of the molecule is Cc1c(-c2ccccc2)c(Cl)c2nc3ccccc3cc2c1C. The smallest absolute Gasteiger partial charge is 0.0905 e. The molecule has 0 atom stereocenters. The van der Waals surface area contributed by atoms with E-state index >= 15 is 0 Å². The summed E-state index contributed by atoms with van der Waals surface area (Å²) < 4.78 is 0. The summed E-state index contributed by atoms with van der Waals surface area (Å²) in [5, 5.41) is 3.01. The van der Waals surface area contributed by atoms with Crippen LogP contribution in [-0.4, -0.2) is 4.98 Å². The molecule has 0 saturated carbocycles. The number of aryl methyl sites for hydroxylation is 1. The van der Waals surface area contributed by atoms with E-state index in [1.165, 1.54) is 11.1 Å². The third-order valence-corrected chi connectivity index (χ3v) is 4.92. The second-order valence-corrected chi connectivity index (χ2v) is 6.26. The molecule has 0 bridgehead atoms. The van der Waals surface area contributed by atoms with E-state index in [9.17, 15) is 0 Å². The van der Waals surface area contributed by atoms with Crippen LogP contribution in [0.1, 0.15) is 11.1 Å². The van der Waals surface area contributed by atoms with Crippen molar-refractivity contribution in [1.29, 1.82) is 0 Å². The highest BCUT2D eigenvalue weighted by Gasteiger charge is 2.16. The fourth-order valence-electron chi connectivity index (χ4n) is 3.19. The molecule has 23 heavy (non-hydrogen) atoms. The van der Waals surface area contributed by atoms with Gasteiger partial charge in [-0.1, -0.05) is 60.1 Å². The summed E-state index contributed by atoms with van der Waals surface area (Å²) in [4.78, 5) is 4.83. The molecule has 0 aliphatic rings. The number of pyridine rings is 1. The summed E-state index contributed by atoms with van der Waals surface area (Å²) in [7, 11) is 0. The Hall–Kier alpha value is -2.38. The molecule has 1 nitrogen and oxygen atoms in total. The molecule has 1 heterocycles. The van der Waals surface area contributed by atoms with Crippen LogP contribution < -0.4 is 0 Å². The van der Waals surface area contributed by atoms with Crippen LogP contribution in [0.5, 0.6) is 0 Å². The Balaban J connectivity index is 2.16. The Morgan fingerprint density at radius 1 is 0.826 bits per heavy atom. The van der Waals surface area contributed by atoms with Crippen molar-refractivity contribution in [2.24, 2.45) is 0 Å². The number of aromatic nitrogens is 1. The van der Waals surface area contributed by atoms with E-state index in [-0.39, 0.29) is 0 Å². The average Bonchev–Trinajstić information content (AvgIpc) is 2.60. The van der Waals surface area contributed by atoms with Crippen molar-refractivity contribution in [2.75, 3.05) is 0 Å². The molecule has 0 saturated heterocycles. The number of hydrogen-bond acceptors (Lipinski definition) is 1. The molecule has 0 fully saturated rings. The first-order valence-corrected chi connectivity index (χ1v) is 8.08. The number of halogens is 1. The van der Waals surface area contributed by atoms with Crippen LogP contribution in [-0.2, 0) is 0 Å². The number of hydrogen-bond donors (Lipinski definition) is 0. The molecule has 4 aromatic rings. The van der Waals surface area contributed by atoms with E-state index in [1.54, 1.807) is 0 Å². The molecule has 0 N–H and O–H groups in total. The minimum atomic E-state index is 0.736. The van der Waals surface area contributed by atoms with Crippen LogP contribution in [0.3, 0.4) is 0 Å². The standard InChI is InChI=1S/C21H16ClN/c1-13-14(2)19(15-8-4-3-5-9-15)20(22)21-17(13)12-16-10-6-7-11-18(16)23-21/h3-12H,1-2H3. The molecule has 3 aromatic carbocycles. The highest BCUT2D eigenvalue weighted by atomic mass is 35.5. The van der Waals surface area contributed by atoms with Crippen LogP contribution in [0.25, 0.3) is 32.9 Å². The Morgan fingerprint density at radius 2 is 1.52 bits per heavy atom. The van der Waals surface area contributed by atoms with Crippen LogP contribution >= 0.6 is 11.6 Å². The lowest BCUT2D eigenvalue weighted by molar-refractivity contribution is 1.36. The highest BCUT2D eigenvalue weighted by molar-refractivity contribution is 6.38. The maximum atomic E-state index is 6.79. The van der Waals surface area contributed by atoms with Gasteiger partial charge in [0, 0.05) is 16.3 Å². The molecular formula is C21H16ClN. The van der Waals surface area contributed by atoms with E-state index in [4.69, 9.17) is 16.6 Å². The van der Waals surface area contributed by atoms with Gasteiger partial charge >= 0.3 is 0 Å². The van der Waals surface area contributed by atoms with Gasteiger partial charge in [-0.05, 0) is 42.7 Å². The van der Waals surface area contributed by atoms with E-state index in [0.717, 1.165) is 38.0 Å². The third-order valence-electron chi connectivity index (χ3n) is 4.56. The molecule has 2 heteroatoms. The number of benzene rings is 3. The zero-order valence-corrected chi connectivity index (χ0v) is 13.9. The first-order valence-electron chi connectivity index (χ1n) is 7.70. The van der Waals surface area contributed by atoms with Crippen molar-refractivity contribution in [3.05, 3.63) is 76.8 Å². The predicted octanol–water partition coefficient (Wildman–Crippen LogP) is 6.33. The number of para-hydroxylation sites is 1. The molecule has 0 radical (unpaired) electrons. The van der Waals surface area contributed by atoms with Gasteiger partial charge in [-0.2, -0.15) is 0 Å². The second-order valence-electron chi connectivity index (χ2n) is 5.88. The van der Waals surface area contributed by atoms with Crippen molar-refractivity contribution < 1.29 is 0 Å². The molecule has 4 rings (SSSR count). The van der Waals surface area contributed by atoms with E-state index < -0.39 is 0 Å². The number of nitrogens with zero attached hydrogens (tertiary/aromatic N) is 1. The second kappa shape index (κ2) is 5.36. The zero-order chi connectivity index (χ0) is 16.0. The summed E-state index contributed by atoms with van der Waals surface area (Å²) in [5.74, 6) is 0. The van der Waals surface area contributed by atoms with Crippen LogP contribution in [0, 0.1) is 13.8 Å². The van der Waals surface area contributed by atoms with Crippen molar-refractivity contribution >= 4 is 33.4 Å². The minimum Gasteiger partial charge on any atom is -0.246 e. The molecule has 0 unspecified atom stereocenters. The largest absolute Gasteiger partial charge is 0.246 e. The lowest BCUT2D eigenvalue weighted by Crippen LogP contribution is -1.94. The zero-order valence-electron chi connectivity index (χ0n) is 13.1. The molecule has 0 aliphatic carbocycles. The predicted molar refractivity (Wildman–Crippen MR) is 99.2 cm³/mol. The average molecular weight is 318 g/mol. The molecule has 0 spiro atoms. The molecular weight excluding hydrogens is 302 g/mol. The summed E-state index contributed by atoms with van der Waals surface area (Å²) >= 11 is 6.79.